The zero-order chi connectivity index (χ0) is 7.98. The zero-order valence-corrected chi connectivity index (χ0v) is 6.26. The molecule has 0 fully saturated rings. The highest BCUT2D eigenvalue weighted by Crippen LogP contribution is 1.97. The van der Waals surface area contributed by atoms with Gasteiger partial charge in [0.15, 0.2) is 5.78 Å². The summed E-state index contributed by atoms with van der Waals surface area (Å²) in [6.07, 6.45) is 5.50. The first-order chi connectivity index (χ1) is 4.72. The summed E-state index contributed by atoms with van der Waals surface area (Å²) in [6.45, 7) is 8.87. The molecule has 0 amide bonds. The molecule has 0 aliphatic carbocycles. The van der Waals surface area contributed by atoms with E-state index in [-0.39, 0.29) is 5.78 Å². The lowest BCUT2D eigenvalue weighted by atomic mass is 10.1. The van der Waals surface area contributed by atoms with Crippen LogP contribution >= 0.6 is 0 Å². The molecule has 0 aromatic heterocycles. The summed E-state index contributed by atoms with van der Waals surface area (Å²) in [5.41, 5.74) is 0.544. The Labute approximate surface area is 61.8 Å². The average molecular weight is 136 g/mol. The summed E-state index contributed by atoms with van der Waals surface area (Å²) in [5, 5.41) is 0. The molecule has 0 heterocycles. The SMILES string of the molecule is C=C/C=C\C(=C)C(=O)CC. The second-order valence-electron chi connectivity index (χ2n) is 1.90. The number of allylic oxidation sites excluding steroid dienone is 4. The fourth-order valence-electron chi connectivity index (χ4n) is 0.504. The maximum absolute atomic E-state index is 10.8. The summed E-state index contributed by atoms with van der Waals surface area (Å²) in [4.78, 5) is 10.8. The Morgan fingerprint density at radius 1 is 1.60 bits per heavy atom. The predicted octanol–water partition coefficient (Wildman–Crippen LogP) is 2.26. The molecule has 0 bridgehead atoms. The van der Waals surface area contributed by atoms with Crippen LogP contribution in [0.2, 0.25) is 0 Å². The molecule has 0 spiro atoms. The molecule has 54 valence electrons. The molecule has 0 radical (unpaired) electrons. The molecule has 0 N–H and O–H groups in total. The number of rotatable bonds is 4. The van der Waals surface area contributed by atoms with Crippen molar-refractivity contribution < 1.29 is 4.79 Å². The Hall–Kier alpha value is -1.11. The molecule has 0 aliphatic rings. The van der Waals surface area contributed by atoms with E-state index in [1.165, 1.54) is 0 Å². The van der Waals surface area contributed by atoms with Crippen LogP contribution in [0.1, 0.15) is 13.3 Å². The number of carbonyl (C=O) groups excluding carboxylic acids is 1. The van der Waals surface area contributed by atoms with Gasteiger partial charge in [0.25, 0.3) is 0 Å². The molecule has 0 aromatic rings. The second kappa shape index (κ2) is 4.74. The van der Waals surface area contributed by atoms with Gasteiger partial charge in [0.2, 0.25) is 0 Å². The lowest BCUT2D eigenvalue weighted by Gasteiger charge is -1.91. The minimum atomic E-state index is 0.0816. The van der Waals surface area contributed by atoms with Gasteiger partial charge in [0, 0.05) is 12.0 Å². The van der Waals surface area contributed by atoms with Crippen molar-refractivity contribution in [2.75, 3.05) is 0 Å². The van der Waals surface area contributed by atoms with Crippen LogP contribution in [0.15, 0.2) is 37.0 Å². The van der Waals surface area contributed by atoms with Crippen molar-refractivity contribution in [3.8, 4) is 0 Å². The number of hydrogen-bond donors (Lipinski definition) is 0. The van der Waals surface area contributed by atoms with E-state index < -0.39 is 0 Å². The molecule has 10 heavy (non-hydrogen) atoms. The summed E-state index contributed by atoms with van der Waals surface area (Å²) in [5.74, 6) is 0.0816. The standard InChI is InChI=1S/C9H12O/c1-4-6-7-8(3)9(10)5-2/h4,6-7H,1,3,5H2,2H3/b7-6-. The van der Waals surface area contributed by atoms with Gasteiger partial charge in [-0.3, -0.25) is 4.79 Å². The van der Waals surface area contributed by atoms with Crippen LogP contribution < -0.4 is 0 Å². The molecule has 0 aromatic carbocycles. The van der Waals surface area contributed by atoms with Gasteiger partial charge in [0.05, 0.1) is 0 Å². The summed E-state index contributed by atoms with van der Waals surface area (Å²) >= 11 is 0. The van der Waals surface area contributed by atoms with Gasteiger partial charge in [-0.1, -0.05) is 38.3 Å². The number of hydrogen-bond acceptors (Lipinski definition) is 1. The summed E-state index contributed by atoms with van der Waals surface area (Å²) in [7, 11) is 0. The fraction of sp³-hybridized carbons (Fsp3) is 0.222. The van der Waals surface area contributed by atoms with E-state index in [1.54, 1.807) is 18.2 Å². The van der Waals surface area contributed by atoms with Crippen LogP contribution in [-0.2, 0) is 4.79 Å². The normalized spacial score (nSPS) is 9.70. The lowest BCUT2D eigenvalue weighted by molar-refractivity contribution is -0.114. The largest absolute Gasteiger partial charge is 0.294 e. The third-order valence-corrected chi connectivity index (χ3v) is 1.11. The van der Waals surface area contributed by atoms with Crippen LogP contribution in [-0.4, -0.2) is 5.78 Å². The van der Waals surface area contributed by atoms with Crippen LogP contribution in [0.3, 0.4) is 0 Å². The third-order valence-electron chi connectivity index (χ3n) is 1.11. The van der Waals surface area contributed by atoms with E-state index in [9.17, 15) is 4.79 Å². The fourth-order valence-corrected chi connectivity index (χ4v) is 0.504. The van der Waals surface area contributed by atoms with E-state index in [2.05, 4.69) is 13.2 Å². The van der Waals surface area contributed by atoms with Crippen LogP contribution in [0.4, 0.5) is 0 Å². The maximum atomic E-state index is 10.8. The van der Waals surface area contributed by atoms with Crippen molar-refractivity contribution in [1.82, 2.24) is 0 Å². The highest BCUT2D eigenvalue weighted by Gasteiger charge is 1.97. The van der Waals surface area contributed by atoms with Gasteiger partial charge in [-0.15, -0.1) is 0 Å². The van der Waals surface area contributed by atoms with Gasteiger partial charge in [-0.2, -0.15) is 0 Å². The lowest BCUT2D eigenvalue weighted by Crippen LogP contribution is -1.94. The van der Waals surface area contributed by atoms with E-state index in [1.807, 2.05) is 6.92 Å². The molecular formula is C9H12O. The molecule has 0 unspecified atom stereocenters. The van der Waals surface area contributed by atoms with Crippen molar-refractivity contribution >= 4 is 5.78 Å². The Kier molecular flexibility index (Phi) is 4.21. The van der Waals surface area contributed by atoms with E-state index in [4.69, 9.17) is 0 Å². The van der Waals surface area contributed by atoms with E-state index in [0.717, 1.165) is 0 Å². The van der Waals surface area contributed by atoms with Crippen LogP contribution in [0, 0.1) is 0 Å². The summed E-state index contributed by atoms with van der Waals surface area (Å²) in [6, 6.07) is 0. The second-order valence-corrected chi connectivity index (χ2v) is 1.90. The molecule has 0 atom stereocenters. The average Bonchev–Trinajstić information content (AvgIpc) is 1.98. The van der Waals surface area contributed by atoms with Gasteiger partial charge >= 0.3 is 0 Å². The highest BCUT2D eigenvalue weighted by atomic mass is 16.1. The minimum absolute atomic E-state index is 0.0816. The summed E-state index contributed by atoms with van der Waals surface area (Å²) < 4.78 is 0. The van der Waals surface area contributed by atoms with Gasteiger partial charge < -0.3 is 0 Å². The van der Waals surface area contributed by atoms with Crippen molar-refractivity contribution in [2.24, 2.45) is 0 Å². The van der Waals surface area contributed by atoms with Gasteiger partial charge in [-0.05, 0) is 0 Å². The first-order valence-corrected chi connectivity index (χ1v) is 3.23. The van der Waals surface area contributed by atoms with Crippen molar-refractivity contribution in [1.29, 1.82) is 0 Å². The molecule has 0 saturated carbocycles. The van der Waals surface area contributed by atoms with Crippen LogP contribution in [0.25, 0.3) is 0 Å². The van der Waals surface area contributed by atoms with Crippen molar-refractivity contribution in [3.63, 3.8) is 0 Å². The first kappa shape index (κ1) is 8.89. The van der Waals surface area contributed by atoms with Crippen LogP contribution in [0.5, 0.6) is 0 Å². The quantitative estimate of drug-likeness (QED) is 0.428. The third kappa shape index (κ3) is 3.02. The number of ketones is 1. The Balaban J connectivity index is 3.97. The van der Waals surface area contributed by atoms with Gasteiger partial charge in [0.1, 0.15) is 0 Å². The minimum Gasteiger partial charge on any atom is -0.294 e. The first-order valence-electron chi connectivity index (χ1n) is 3.23. The van der Waals surface area contributed by atoms with Crippen molar-refractivity contribution in [3.05, 3.63) is 37.0 Å². The topological polar surface area (TPSA) is 17.1 Å². The van der Waals surface area contributed by atoms with Crippen molar-refractivity contribution in [2.45, 2.75) is 13.3 Å². The van der Waals surface area contributed by atoms with Gasteiger partial charge in [-0.25, -0.2) is 0 Å². The Morgan fingerprint density at radius 3 is 2.60 bits per heavy atom. The molecular weight excluding hydrogens is 124 g/mol. The van der Waals surface area contributed by atoms with E-state index in [0.29, 0.717) is 12.0 Å². The molecule has 0 saturated heterocycles. The monoisotopic (exact) mass is 136 g/mol. The Bertz CT molecular complexity index is 175. The molecule has 0 rings (SSSR count). The predicted molar refractivity (Wildman–Crippen MR) is 43.8 cm³/mol. The number of carbonyl (C=O) groups is 1. The number of Topliss-reactive ketones (excluding diaryl/α,β-unsaturated/α-hetero) is 1. The smallest absolute Gasteiger partial charge is 0.162 e. The maximum Gasteiger partial charge on any atom is 0.162 e. The molecule has 1 nitrogen and oxygen atoms in total. The molecule has 0 aliphatic heterocycles. The highest BCUT2D eigenvalue weighted by molar-refractivity contribution is 5.97. The zero-order valence-electron chi connectivity index (χ0n) is 6.26. The van der Waals surface area contributed by atoms with E-state index >= 15 is 0 Å². The Morgan fingerprint density at radius 2 is 2.20 bits per heavy atom. The molecule has 1 heteroatoms.